The van der Waals surface area contributed by atoms with Crippen molar-refractivity contribution in [3.05, 3.63) is 77.2 Å². The molecule has 5 nitrogen and oxygen atoms in total. The van der Waals surface area contributed by atoms with Crippen LogP contribution >= 0.6 is 11.3 Å². The topological polar surface area (TPSA) is 58.6 Å². The van der Waals surface area contributed by atoms with Gasteiger partial charge in [-0.3, -0.25) is 9.59 Å². The van der Waals surface area contributed by atoms with E-state index in [2.05, 4.69) is 28.9 Å². The number of rotatable bonds is 7. The summed E-state index contributed by atoms with van der Waals surface area (Å²) in [6.45, 7) is 3.31. The van der Waals surface area contributed by atoms with E-state index in [1.807, 2.05) is 43.3 Å². The molecule has 1 aromatic heterocycles. The predicted octanol–water partition coefficient (Wildman–Crippen LogP) is 4.63. The summed E-state index contributed by atoms with van der Waals surface area (Å²) in [6.07, 6.45) is 1.20. The van der Waals surface area contributed by atoms with Gasteiger partial charge in [0, 0.05) is 25.0 Å². The van der Waals surface area contributed by atoms with Gasteiger partial charge in [0.15, 0.2) is 0 Å². The molecule has 6 heteroatoms. The summed E-state index contributed by atoms with van der Waals surface area (Å²) in [7, 11) is 1.67. The highest BCUT2D eigenvalue weighted by atomic mass is 32.1. The first-order valence-electron chi connectivity index (χ1n) is 10.9. The van der Waals surface area contributed by atoms with Crippen molar-refractivity contribution in [3.8, 4) is 16.2 Å². The van der Waals surface area contributed by atoms with Crippen LogP contribution in [0, 0.1) is 5.41 Å². The molecule has 0 bridgehead atoms. The molecule has 0 spiro atoms. The van der Waals surface area contributed by atoms with Crippen molar-refractivity contribution in [2.24, 2.45) is 5.41 Å². The number of para-hydroxylation sites is 1. The maximum Gasteiger partial charge on any atom is 0.257 e. The van der Waals surface area contributed by atoms with E-state index < -0.39 is 5.41 Å². The van der Waals surface area contributed by atoms with Gasteiger partial charge in [0.25, 0.3) is 5.91 Å². The van der Waals surface area contributed by atoms with Gasteiger partial charge in [-0.15, -0.1) is 11.3 Å². The zero-order valence-electron chi connectivity index (χ0n) is 18.5. The number of carbonyl (C=O) groups is 2. The average Bonchev–Trinajstić information content (AvgIpc) is 3.50. The van der Waals surface area contributed by atoms with Gasteiger partial charge >= 0.3 is 0 Å². The first-order chi connectivity index (χ1) is 15.6. The van der Waals surface area contributed by atoms with Gasteiger partial charge in [-0.2, -0.15) is 0 Å². The molecule has 0 unspecified atom stereocenters. The molecule has 2 aromatic carbocycles. The molecular formula is C26H28N2O3S. The Labute approximate surface area is 193 Å². The number of hydrogen-bond acceptors (Lipinski definition) is 4. The molecule has 3 aromatic rings. The fraction of sp³-hybridized carbons (Fsp3) is 0.308. The zero-order chi connectivity index (χ0) is 22.6. The van der Waals surface area contributed by atoms with E-state index in [-0.39, 0.29) is 11.8 Å². The first kappa shape index (κ1) is 22.1. The summed E-state index contributed by atoms with van der Waals surface area (Å²) in [5, 5.41) is 4.92. The lowest BCUT2D eigenvalue weighted by Gasteiger charge is -2.28. The Morgan fingerprint density at radius 3 is 2.62 bits per heavy atom. The van der Waals surface area contributed by atoms with E-state index in [1.165, 1.54) is 4.88 Å². The fourth-order valence-corrected chi connectivity index (χ4v) is 5.31. The van der Waals surface area contributed by atoms with Crippen LogP contribution in [0.15, 0.2) is 66.0 Å². The Morgan fingerprint density at radius 2 is 1.88 bits per heavy atom. The lowest BCUT2D eigenvalue weighted by Crippen LogP contribution is -2.44. The van der Waals surface area contributed by atoms with E-state index in [4.69, 9.17) is 4.74 Å². The van der Waals surface area contributed by atoms with Crippen molar-refractivity contribution in [1.82, 2.24) is 10.2 Å². The van der Waals surface area contributed by atoms with Gasteiger partial charge in [-0.25, -0.2) is 0 Å². The second-order valence-electron chi connectivity index (χ2n) is 8.08. The number of benzene rings is 2. The highest BCUT2D eigenvalue weighted by Crippen LogP contribution is 2.39. The van der Waals surface area contributed by atoms with Crippen molar-refractivity contribution in [3.63, 3.8) is 0 Å². The van der Waals surface area contributed by atoms with Crippen LogP contribution in [0.4, 0.5) is 0 Å². The number of nitrogens with zero attached hydrogens (tertiary/aromatic N) is 1. The van der Waals surface area contributed by atoms with E-state index >= 15 is 0 Å². The van der Waals surface area contributed by atoms with Gasteiger partial charge in [0.2, 0.25) is 5.91 Å². The second-order valence-corrected chi connectivity index (χ2v) is 9.02. The molecule has 1 aliphatic rings. The summed E-state index contributed by atoms with van der Waals surface area (Å²) in [6, 6.07) is 19.7. The molecule has 1 aliphatic heterocycles. The molecule has 2 heterocycles. The lowest BCUT2D eigenvalue weighted by molar-refractivity contribution is -0.129. The van der Waals surface area contributed by atoms with E-state index in [1.54, 1.807) is 29.4 Å². The minimum Gasteiger partial charge on any atom is -0.493 e. The molecule has 4 rings (SSSR count). The summed E-state index contributed by atoms with van der Waals surface area (Å²) >= 11 is 1.69. The third kappa shape index (κ3) is 4.28. The molecular weight excluding hydrogens is 420 g/mol. The number of thiophene rings is 1. The fourth-order valence-electron chi connectivity index (χ4n) is 4.53. The van der Waals surface area contributed by atoms with Gasteiger partial charge in [0.05, 0.1) is 17.6 Å². The summed E-state index contributed by atoms with van der Waals surface area (Å²) in [4.78, 5) is 29.5. The van der Waals surface area contributed by atoms with Gasteiger partial charge in [-0.1, -0.05) is 42.5 Å². The molecule has 166 valence electrons. The van der Waals surface area contributed by atoms with Crippen LogP contribution in [0.3, 0.4) is 0 Å². The lowest BCUT2D eigenvalue weighted by atomic mass is 9.78. The van der Waals surface area contributed by atoms with Crippen molar-refractivity contribution in [2.75, 3.05) is 26.7 Å². The summed E-state index contributed by atoms with van der Waals surface area (Å²) < 4.78 is 5.67. The van der Waals surface area contributed by atoms with Crippen LogP contribution in [0.1, 0.15) is 29.3 Å². The number of hydrogen-bond donors (Lipinski definition) is 1. The summed E-state index contributed by atoms with van der Waals surface area (Å²) in [5.41, 5.74) is 2.15. The summed E-state index contributed by atoms with van der Waals surface area (Å²) in [5.74, 6) is 0.471. The molecule has 1 saturated heterocycles. The molecule has 1 N–H and O–H groups in total. The van der Waals surface area contributed by atoms with Crippen molar-refractivity contribution < 1.29 is 14.3 Å². The standard InChI is InChI=1S/C26H28N2O3S/c1-3-31-22-12-7-6-11-21(22)24(29)28-15-14-26(18-28,25(30)27-2)17-19-9-4-5-10-20(19)23-13-8-16-32-23/h4-13,16H,3,14-15,17-18H2,1-2H3,(H,27,30)/t26-/m1/s1. The Balaban J connectivity index is 1.63. The Morgan fingerprint density at radius 1 is 1.09 bits per heavy atom. The number of nitrogens with one attached hydrogen (secondary N) is 1. The van der Waals surface area contributed by atoms with Crippen molar-refractivity contribution >= 4 is 23.2 Å². The predicted molar refractivity (Wildman–Crippen MR) is 128 cm³/mol. The number of likely N-dealkylation sites (tertiary alicyclic amines) is 1. The smallest absolute Gasteiger partial charge is 0.257 e. The number of ether oxygens (including phenoxy) is 1. The minimum atomic E-state index is -0.668. The monoisotopic (exact) mass is 448 g/mol. The van der Waals surface area contributed by atoms with Crippen LogP contribution in [0.5, 0.6) is 5.75 Å². The second kappa shape index (κ2) is 9.57. The Hall–Kier alpha value is -3.12. The minimum absolute atomic E-state index is 0.0214. The number of amides is 2. The maximum absolute atomic E-state index is 13.4. The third-order valence-corrected chi connectivity index (χ3v) is 7.00. The molecule has 0 saturated carbocycles. The SMILES string of the molecule is CCOc1ccccc1C(=O)N1CC[C@](Cc2ccccc2-c2cccs2)(C(=O)NC)C1. The first-order valence-corrected chi connectivity index (χ1v) is 11.8. The van der Waals surface area contributed by atoms with Gasteiger partial charge < -0.3 is 15.0 Å². The maximum atomic E-state index is 13.4. The molecule has 0 aliphatic carbocycles. The molecule has 1 fully saturated rings. The largest absolute Gasteiger partial charge is 0.493 e. The van der Waals surface area contributed by atoms with E-state index in [0.29, 0.717) is 43.9 Å². The molecule has 0 radical (unpaired) electrons. The quantitative estimate of drug-likeness (QED) is 0.573. The Bertz CT molecular complexity index is 1100. The van der Waals surface area contributed by atoms with Gasteiger partial charge in [-0.05, 0) is 54.5 Å². The van der Waals surface area contributed by atoms with Crippen LogP contribution in [0.25, 0.3) is 10.4 Å². The van der Waals surface area contributed by atoms with E-state index in [9.17, 15) is 9.59 Å². The molecule has 2 amide bonds. The highest BCUT2D eigenvalue weighted by Gasteiger charge is 2.46. The molecule has 1 atom stereocenters. The van der Waals surface area contributed by atoms with Crippen LogP contribution in [-0.4, -0.2) is 43.5 Å². The highest BCUT2D eigenvalue weighted by molar-refractivity contribution is 7.13. The van der Waals surface area contributed by atoms with Crippen molar-refractivity contribution in [1.29, 1.82) is 0 Å². The normalized spacial score (nSPS) is 17.9. The third-order valence-electron chi connectivity index (χ3n) is 6.10. The van der Waals surface area contributed by atoms with Crippen LogP contribution in [0.2, 0.25) is 0 Å². The van der Waals surface area contributed by atoms with Crippen LogP contribution < -0.4 is 10.1 Å². The van der Waals surface area contributed by atoms with Crippen molar-refractivity contribution in [2.45, 2.75) is 19.8 Å². The molecule has 32 heavy (non-hydrogen) atoms. The Kier molecular flexibility index (Phi) is 6.61. The van der Waals surface area contributed by atoms with Crippen LogP contribution in [-0.2, 0) is 11.2 Å². The zero-order valence-corrected chi connectivity index (χ0v) is 19.3. The van der Waals surface area contributed by atoms with E-state index in [0.717, 1.165) is 11.1 Å². The number of carbonyl (C=O) groups excluding carboxylic acids is 2. The van der Waals surface area contributed by atoms with Gasteiger partial charge in [0.1, 0.15) is 5.75 Å². The average molecular weight is 449 g/mol.